The average Bonchev–Trinajstić information content (AvgIpc) is 3.30. The number of carbonyl (C=O) groups is 2. The maximum absolute atomic E-state index is 13.9. The third-order valence-corrected chi connectivity index (χ3v) is 8.89. The Kier molecular flexibility index (Phi) is 5.45. The zero-order chi connectivity index (χ0) is 25.1. The van der Waals surface area contributed by atoms with Crippen LogP contribution in [0.2, 0.25) is 0 Å². The Balaban J connectivity index is 1.24. The van der Waals surface area contributed by atoms with Gasteiger partial charge in [0.25, 0.3) is 0 Å². The van der Waals surface area contributed by atoms with Crippen LogP contribution in [-0.4, -0.2) is 42.5 Å². The summed E-state index contributed by atoms with van der Waals surface area (Å²) in [7, 11) is 0. The third kappa shape index (κ3) is 3.32. The van der Waals surface area contributed by atoms with Crippen LogP contribution >= 0.6 is 0 Å². The van der Waals surface area contributed by atoms with E-state index >= 15 is 0 Å². The van der Waals surface area contributed by atoms with Crippen LogP contribution in [0.5, 0.6) is 0 Å². The highest BCUT2D eigenvalue weighted by atomic mass is 16.5. The van der Waals surface area contributed by atoms with Gasteiger partial charge in [-0.2, -0.15) is 0 Å². The molecule has 0 spiro atoms. The van der Waals surface area contributed by atoms with Gasteiger partial charge in [0.05, 0.1) is 18.4 Å². The second kappa shape index (κ2) is 8.45. The van der Waals surface area contributed by atoms with Crippen molar-refractivity contribution >= 4 is 28.3 Å². The number of para-hydroxylation sites is 1. The minimum absolute atomic E-state index is 0.0273. The number of piperidine rings is 1. The van der Waals surface area contributed by atoms with Crippen molar-refractivity contribution in [1.29, 1.82) is 0 Å². The van der Waals surface area contributed by atoms with Crippen molar-refractivity contribution in [2.75, 3.05) is 24.6 Å². The molecule has 0 bridgehead atoms. The number of likely N-dealkylation sites (tertiary alicyclic amines) is 1. The van der Waals surface area contributed by atoms with E-state index in [0.717, 1.165) is 43.6 Å². The van der Waals surface area contributed by atoms with E-state index in [4.69, 9.17) is 4.74 Å². The maximum Gasteiger partial charge on any atom is 0.307 e. The van der Waals surface area contributed by atoms with Gasteiger partial charge in [0.2, 0.25) is 5.91 Å². The van der Waals surface area contributed by atoms with Gasteiger partial charge < -0.3 is 9.64 Å². The molecule has 2 aliphatic heterocycles. The molecule has 0 aromatic heterocycles. The average molecular weight is 483 g/mol. The van der Waals surface area contributed by atoms with Gasteiger partial charge in [-0.25, -0.2) is 0 Å². The summed E-state index contributed by atoms with van der Waals surface area (Å²) in [5.74, 6) is -0.290. The highest BCUT2D eigenvalue weighted by Crippen LogP contribution is 2.48. The summed E-state index contributed by atoms with van der Waals surface area (Å²) in [6.07, 6.45) is 2.93. The second-order valence-corrected chi connectivity index (χ2v) is 11.0. The highest BCUT2D eigenvalue weighted by Gasteiger charge is 2.51. The predicted molar refractivity (Wildman–Crippen MR) is 142 cm³/mol. The van der Waals surface area contributed by atoms with E-state index in [1.165, 1.54) is 21.9 Å². The Morgan fingerprint density at radius 3 is 2.42 bits per heavy atom. The number of ether oxygens (including phenoxy) is 1. The zero-order valence-corrected chi connectivity index (χ0v) is 21.4. The number of amides is 1. The lowest BCUT2D eigenvalue weighted by Gasteiger charge is -2.45. The molecule has 1 amide bonds. The van der Waals surface area contributed by atoms with E-state index < -0.39 is 5.41 Å². The van der Waals surface area contributed by atoms with Gasteiger partial charge in [-0.15, -0.1) is 0 Å². The molecule has 1 aliphatic carbocycles. The first-order valence-corrected chi connectivity index (χ1v) is 13.2. The quantitative estimate of drug-likeness (QED) is 0.461. The van der Waals surface area contributed by atoms with Crippen molar-refractivity contribution in [3.05, 3.63) is 77.4 Å². The molecule has 1 saturated heterocycles. The van der Waals surface area contributed by atoms with Crippen LogP contribution < -0.4 is 4.90 Å². The zero-order valence-electron chi connectivity index (χ0n) is 21.4. The van der Waals surface area contributed by atoms with E-state index in [0.29, 0.717) is 6.61 Å². The van der Waals surface area contributed by atoms with E-state index in [-0.39, 0.29) is 29.9 Å². The first-order valence-electron chi connectivity index (χ1n) is 13.2. The first-order chi connectivity index (χ1) is 17.4. The first kappa shape index (κ1) is 23.2. The van der Waals surface area contributed by atoms with Crippen molar-refractivity contribution in [3.8, 4) is 0 Å². The van der Waals surface area contributed by atoms with Crippen molar-refractivity contribution in [1.82, 2.24) is 4.90 Å². The molecule has 186 valence electrons. The standard InChI is InChI=1S/C31H34N2O3/c1-4-36-27(34)20-30(2)24-12-5-6-14-26(24)33(29(30)35)23-15-17-32(18-16-23)31(3)19-22-11-7-9-21-10-8-13-25(31)28(21)22/h5-14,23H,4,15-20H2,1-3H3. The Morgan fingerprint density at radius 1 is 0.972 bits per heavy atom. The molecular weight excluding hydrogens is 448 g/mol. The molecule has 36 heavy (non-hydrogen) atoms. The molecule has 6 rings (SSSR count). The van der Waals surface area contributed by atoms with E-state index in [1.54, 1.807) is 6.92 Å². The summed E-state index contributed by atoms with van der Waals surface area (Å²) < 4.78 is 5.23. The maximum atomic E-state index is 13.9. The van der Waals surface area contributed by atoms with Crippen LogP contribution in [-0.2, 0) is 31.7 Å². The summed E-state index contributed by atoms with van der Waals surface area (Å²) in [5, 5.41) is 2.74. The highest BCUT2D eigenvalue weighted by molar-refractivity contribution is 6.10. The Hall–Kier alpha value is -3.18. The number of anilines is 1. The predicted octanol–water partition coefficient (Wildman–Crippen LogP) is 5.33. The van der Waals surface area contributed by atoms with Gasteiger partial charge in [-0.1, -0.05) is 54.6 Å². The van der Waals surface area contributed by atoms with Crippen LogP contribution in [0.4, 0.5) is 5.69 Å². The molecular formula is C31H34N2O3. The molecule has 3 aliphatic rings. The lowest BCUT2D eigenvalue weighted by Crippen LogP contribution is -2.54. The molecule has 3 aromatic carbocycles. The Bertz CT molecular complexity index is 1350. The van der Waals surface area contributed by atoms with Gasteiger partial charge in [-0.3, -0.25) is 14.5 Å². The van der Waals surface area contributed by atoms with E-state index in [9.17, 15) is 9.59 Å². The fourth-order valence-electron chi connectivity index (χ4n) is 7.06. The molecule has 2 unspecified atom stereocenters. The van der Waals surface area contributed by atoms with Crippen LogP contribution in [0.3, 0.4) is 0 Å². The van der Waals surface area contributed by atoms with Crippen molar-refractivity contribution in [2.45, 2.75) is 63.5 Å². The van der Waals surface area contributed by atoms with E-state index in [2.05, 4.69) is 48.2 Å². The van der Waals surface area contributed by atoms with Crippen LogP contribution in [0, 0.1) is 0 Å². The Morgan fingerprint density at radius 2 is 1.67 bits per heavy atom. The van der Waals surface area contributed by atoms with Gasteiger partial charge in [0.15, 0.2) is 0 Å². The number of hydrogen-bond donors (Lipinski definition) is 0. The molecule has 5 heteroatoms. The number of hydrogen-bond acceptors (Lipinski definition) is 4. The number of fused-ring (bicyclic) bond motifs is 1. The summed E-state index contributed by atoms with van der Waals surface area (Å²) in [5.41, 5.74) is 3.85. The smallest absolute Gasteiger partial charge is 0.307 e. The fourth-order valence-corrected chi connectivity index (χ4v) is 7.06. The number of nitrogens with zero attached hydrogens (tertiary/aromatic N) is 2. The van der Waals surface area contributed by atoms with E-state index in [1.807, 2.05) is 36.1 Å². The largest absolute Gasteiger partial charge is 0.466 e. The molecule has 2 atom stereocenters. The van der Waals surface area contributed by atoms with Crippen molar-refractivity contribution in [3.63, 3.8) is 0 Å². The molecule has 2 heterocycles. The minimum Gasteiger partial charge on any atom is -0.466 e. The molecule has 0 radical (unpaired) electrons. The normalized spacial score (nSPS) is 26.0. The van der Waals surface area contributed by atoms with Gasteiger partial charge in [-0.05, 0) is 73.6 Å². The van der Waals surface area contributed by atoms with Gasteiger partial charge in [0, 0.05) is 30.4 Å². The fraction of sp³-hybridized carbons (Fsp3) is 0.419. The SMILES string of the molecule is CCOC(=O)CC1(C)C(=O)N(C2CCN(C3(C)Cc4cccc5cccc3c45)CC2)c2ccccc21. The number of benzene rings is 3. The van der Waals surface area contributed by atoms with Gasteiger partial charge >= 0.3 is 5.97 Å². The Labute approximate surface area is 213 Å². The monoisotopic (exact) mass is 482 g/mol. The third-order valence-electron chi connectivity index (χ3n) is 8.89. The number of carbonyl (C=O) groups excluding carboxylic acids is 2. The number of esters is 1. The molecule has 5 nitrogen and oxygen atoms in total. The molecule has 0 N–H and O–H groups in total. The second-order valence-electron chi connectivity index (χ2n) is 11.0. The van der Waals surface area contributed by atoms with Crippen LogP contribution in [0.25, 0.3) is 10.8 Å². The lowest BCUT2D eigenvalue weighted by molar-refractivity contribution is -0.146. The van der Waals surface area contributed by atoms with Gasteiger partial charge in [0.1, 0.15) is 0 Å². The molecule has 3 aromatic rings. The summed E-state index contributed by atoms with van der Waals surface area (Å²) in [6.45, 7) is 8.28. The van der Waals surface area contributed by atoms with Crippen molar-refractivity contribution in [2.24, 2.45) is 0 Å². The topological polar surface area (TPSA) is 49.9 Å². The summed E-state index contributed by atoms with van der Waals surface area (Å²) in [6, 6.07) is 21.5. The van der Waals surface area contributed by atoms with Crippen molar-refractivity contribution < 1.29 is 14.3 Å². The number of rotatable bonds is 5. The lowest BCUT2D eigenvalue weighted by atomic mass is 9.80. The van der Waals surface area contributed by atoms with Crippen LogP contribution in [0.15, 0.2) is 60.7 Å². The molecule has 1 fully saturated rings. The summed E-state index contributed by atoms with van der Waals surface area (Å²) in [4.78, 5) is 31.0. The summed E-state index contributed by atoms with van der Waals surface area (Å²) >= 11 is 0. The van der Waals surface area contributed by atoms with Crippen LogP contribution in [0.1, 0.15) is 56.7 Å². The molecule has 0 saturated carbocycles. The minimum atomic E-state index is -0.880.